The Morgan fingerprint density at radius 1 is 1.47 bits per heavy atom. The number of primary sulfonamides is 1. The molecule has 0 amide bonds. The number of benzene rings is 1. The number of aliphatic hydroxyl groups is 1. The molecule has 1 heterocycles. The molecule has 8 heteroatoms. The third-order valence-electron chi connectivity index (χ3n) is 2.45. The Kier molecular flexibility index (Phi) is 3.26. The molecule has 1 aromatic carbocycles. The van der Waals surface area contributed by atoms with E-state index in [1.54, 1.807) is 0 Å². The number of rotatable bonds is 2. The maximum absolute atomic E-state index is 11.3. The van der Waals surface area contributed by atoms with Gasteiger partial charge in [0.15, 0.2) is 0 Å². The van der Waals surface area contributed by atoms with Gasteiger partial charge in [0, 0.05) is 12.0 Å². The molecule has 0 saturated heterocycles. The Labute approximate surface area is 108 Å². The van der Waals surface area contributed by atoms with Gasteiger partial charge in [-0.05, 0) is 6.07 Å². The number of hydrogen-bond acceptors (Lipinski definition) is 4. The van der Waals surface area contributed by atoms with E-state index in [1.807, 2.05) is 0 Å². The van der Waals surface area contributed by atoms with E-state index in [2.05, 4.69) is 0 Å². The van der Waals surface area contributed by atoms with Crippen LogP contribution >= 0.6 is 23.2 Å². The number of nitrogens with two attached hydrogens (primary N) is 1. The largest absolute Gasteiger partial charge is 0.486 e. The highest BCUT2D eigenvalue weighted by Gasteiger charge is 2.29. The van der Waals surface area contributed by atoms with Crippen molar-refractivity contribution < 1.29 is 18.3 Å². The number of sulfonamides is 1. The van der Waals surface area contributed by atoms with Crippen LogP contribution < -0.4 is 9.88 Å². The quantitative estimate of drug-likeness (QED) is 0.850. The second-order valence-corrected chi connectivity index (χ2v) is 5.95. The van der Waals surface area contributed by atoms with Gasteiger partial charge in [-0.15, -0.1) is 0 Å². The molecule has 1 aliphatic heterocycles. The normalized spacial score (nSPS) is 18.9. The molecule has 0 fully saturated rings. The molecule has 1 unspecified atom stereocenters. The molecule has 0 radical (unpaired) electrons. The van der Waals surface area contributed by atoms with Crippen LogP contribution in [0.15, 0.2) is 11.0 Å². The lowest BCUT2D eigenvalue weighted by Crippen LogP contribution is -2.17. The van der Waals surface area contributed by atoms with Crippen LogP contribution in [0.5, 0.6) is 5.75 Å². The van der Waals surface area contributed by atoms with Gasteiger partial charge in [0.2, 0.25) is 10.0 Å². The monoisotopic (exact) mass is 297 g/mol. The minimum absolute atomic E-state index is 0.00383. The zero-order valence-electron chi connectivity index (χ0n) is 8.48. The summed E-state index contributed by atoms with van der Waals surface area (Å²) in [6.45, 7) is -0.187. The molecule has 94 valence electrons. The number of halogens is 2. The topological polar surface area (TPSA) is 89.6 Å². The first-order valence-electron chi connectivity index (χ1n) is 4.65. The zero-order valence-corrected chi connectivity index (χ0v) is 10.8. The molecule has 1 atom stereocenters. The Hall–Kier alpha value is -0.530. The van der Waals surface area contributed by atoms with Gasteiger partial charge in [-0.25, -0.2) is 13.6 Å². The maximum atomic E-state index is 11.3. The molecule has 2 rings (SSSR count). The van der Waals surface area contributed by atoms with Crippen molar-refractivity contribution in [2.24, 2.45) is 5.14 Å². The van der Waals surface area contributed by atoms with Crippen LogP contribution in [-0.4, -0.2) is 26.2 Å². The van der Waals surface area contributed by atoms with E-state index >= 15 is 0 Å². The van der Waals surface area contributed by atoms with E-state index in [0.29, 0.717) is 17.7 Å². The van der Waals surface area contributed by atoms with Crippen LogP contribution in [0, 0.1) is 0 Å². The van der Waals surface area contributed by atoms with Crippen molar-refractivity contribution in [3.63, 3.8) is 0 Å². The summed E-state index contributed by atoms with van der Waals surface area (Å²) in [7, 11) is -3.94. The first-order valence-corrected chi connectivity index (χ1v) is 6.96. The van der Waals surface area contributed by atoms with E-state index in [-0.39, 0.29) is 21.5 Å². The minimum Gasteiger partial charge on any atom is -0.486 e. The Bertz CT molecular complexity index is 573. The van der Waals surface area contributed by atoms with Gasteiger partial charge in [0.05, 0.1) is 11.6 Å². The van der Waals surface area contributed by atoms with Crippen LogP contribution in [0.3, 0.4) is 0 Å². The predicted molar refractivity (Wildman–Crippen MR) is 63.0 cm³/mol. The lowest BCUT2D eigenvalue weighted by atomic mass is 10.1. The highest BCUT2D eigenvalue weighted by Crippen LogP contribution is 2.43. The molecule has 5 nitrogen and oxygen atoms in total. The second kappa shape index (κ2) is 4.29. The predicted octanol–water partition coefficient (Wildman–Crippen LogP) is 0.937. The summed E-state index contributed by atoms with van der Waals surface area (Å²) >= 11 is 11.7. The lowest BCUT2D eigenvalue weighted by molar-refractivity contribution is 0.134. The van der Waals surface area contributed by atoms with Gasteiger partial charge in [-0.1, -0.05) is 23.2 Å². The summed E-state index contributed by atoms with van der Waals surface area (Å²) in [5.41, 5.74) is 0.572. The minimum atomic E-state index is -3.94. The fourth-order valence-corrected chi connectivity index (χ4v) is 3.12. The van der Waals surface area contributed by atoms with Crippen molar-refractivity contribution in [3.8, 4) is 5.75 Å². The molecule has 1 aliphatic rings. The molecule has 0 aromatic heterocycles. The lowest BCUT2D eigenvalue weighted by Gasteiger charge is -2.09. The van der Waals surface area contributed by atoms with Gasteiger partial charge >= 0.3 is 0 Å². The van der Waals surface area contributed by atoms with Crippen LogP contribution in [-0.2, 0) is 16.4 Å². The molecular formula is C9H9Cl2NO4S. The number of aliphatic hydroxyl groups excluding tert-OH is 1. The maximum Gasteiger partial charge on any atom is 0.239 e. The van der Waals surface area contributed by atoms with E-state index in [0.717, 1.165) is 0 Å². The summed E-state index contributed by atoms with van der Waals surface area (Å²) in [5, 5.41) is 13.9. The molecular weight excluding hydrogens is 289 g/mol. The SMILES string of the molecule is NS(=O)(=O)c1cc2c(c(Cl)c1Cl)OC(CO)C2. The van der Waals surface area contributed by atoms with Gasteiger partial charge in [0.25, 0.3) is 0 Å². The van der Waals surface area contributed by atoms with Crippen molar-refractivity contribution in [2.75, 3.05) is 6.61 Å². The van der Waals surface area contributed by atoms with Crippen LogP contribution in [0.1, 0.15) is 5.56 Å². The first kappa shape index (κ1) is 12.9. The number of ether oxygens (including phenoxy) is 1. The average Bonchev–Trinajstić information content (AvgIpc) is 2.65. The molecule has 0 aliphatic carbocycles. The second-order valence-electron chi connectivity index (χ2n) is 3.66. The van der Waals surface area contributed by atoms with Gasteiger partial charge in [0.1, 0.15) is 21.8 Å². The highest BCUT2D eigenvalue weighted by atomic mass is 35.5. The molecule has 0 spiro atoms. The van der Waals surface area contributed by atoms with Crippen LogP contribution in [0.4, 0.5) is 0 Å². The number of hydrogen-bond donors (Lipinski definition) is 2. The highest BCUT2D eigenvalue weighted by molar-refractivity contribution is 7.89. The summed E-state index contributed by atoms with van der Waals surface area (Å²) in [6, 6.07) is 1.33. The fraction of sp³-hybridized carbons (Fsp3) is 0.333. The van der Waals surface area contributed by atoms with E-state index in [1.165, 1.54) is 6.07 Å². The molecule has 3 N–H and O–H groups in total. The summed E-state index contributed by atoms with van der Waals surface area (Å²) in [5.74, 6) is 0.308. The van der Waals surface area contributed by atoms with Crippen molar-refractivity contribution in [3.05, 3.63) is 21.7 Å². The first-order chi connectivity index (χ1) is 7.84. The van der Waals surface area contributed by atoms with Crippen molar-refractivity contribution in [1.82, 2.24) is 0 Å². The molecule has 1 aromatic rings. The zero-order chi connectivity index (χ0) is 12.8. The summed E-state index contributed by atoms with van der Waals surface area (Å²) in [4.78, 5) is -0.231. The van der Waals surface area contributed by atoms with Crippen LogP contribution in [0.2, 0.25) is 10.0 Å². The smallest absolute Gasteiger partial charge is 0.239 e. The summed E-state index contributed by atoms with van der Waals surface area (Å²) in [6.07, 6.45) is -0.0695. The van der Waals surface area contributed by atoms with Gasteiger partial charge in [-0.3, -0.25) is 0 Å². The molecule has 0 saturated carbocycles. The Morgan fingerprint density at radius 3 is 2.65 bits per heavy atom. The molecule has 0 bridgehead atoms. The molecule has 17 heavy (non-hydrogen) atoms. The Morgan fingerprint density at radius 2 is 2.12 bits per heavy atom. The van der Waals surface area contributed by atoms with Gasteiger partial charge < -0.3 is 9.84 Å². The fourth-order valence-electron chi connectivity index (χ4n) is 1.68. The summed E-state index contributed by atoms with van der Waals surface area (Å²) < 4.78 is 27.9. The Balaban J connectivity index is 2.61. The third kappa shape index (κ3) is 2.23. The van der Waals surface area contributed by atoms with E-state index < -0.39 is 16.1 Å². The van der Waals surface area contributed by atoms with Crippen molar-refractivity contribution in [2.45, 2.75) is 17.4 Å². The van der Waals surface area contributed by atoms with E-state index in [9.17, 15) is 8.42 Å². The standard InChI is InChI=1S/C9H9Cl2NO4S/c10-7-6(17(12,14)15)2-4-1-5(3-13)16-9(4)8(7)11/h2,5,13H,1,3H2,(H2,12,14,15). The number of fused-ring (bicyclic) bond motifs is 1. The van der Waals surface area contributed by atoms with Gasteiger partial charge in [-0.2, -0.15) is 0 Å². The van der Waals surface area contributed by atoms with Crippen molar-refractivity contribution in [1.29, 1.82) is 0 Å². The average molecular weight is 298 g/mol. The van der Waals surface area contributed by atoms with Crippen molar-refractivity contribution >= 4 is 33.2 Å². The third-order valence-corrected chi connectivity index (χ3v) is 4.34. The van der Waals surface area contributed by atoms with Crippen LogP contribution in [0.25, 0.3) is 0 Å². The van der Waals surface area contributed by atoms with E-state index in [4.69, 9.17) is 38.2 Å².